The molecule has 31 heavy (non-hydrogen) atoms. The van der Waals surface area contributed by atoms with Gasteiger partial charge < -0.3 is 20.1 Å². The van der Waals surface area contributed by atoms with E-state index in [1.165, 1.54) is 0 Å². The van der Waals surface area contributed by atoms with E-state index in [0.717, 1.165) is 54.1 Å². The van der Waals surface area contributed by atoms with Crippen molar-refractivity contribution in [2.75, 3.05) is 31.1 Å². The summed E-state index contributed by atoms with van der Waals surface area (Å²) in [5.74, 6) is 0.607. The summed E-state index contributed by atoms with van der Waals surface area (Å²) < 4.78 is 6.07. The summed E-state index contributed by atoms with van der Waals surface area (Å²) in [4.78, 5) is 14.5. The van der Waals surface area contributed by atoms with Crippen LogP contribution in [0.3, 0.4) is 0 Å². The number of phenols is 1. The lowest BCUT2D eigenvalue weighted by atomic mass is 9.81. The van der Waals surface area contributed by atoms with Crippen LogP contribution in [0.4, 0.5) is 5.69 Å². The van der Waals surface area contributed by atoms with Gasteiger partial charge >= 0.3 is 0 Å². The minimum absolute atomic E-state index is 0.224. The van der Waals surface area contributed by atoms with E-state index in [1.54, 1.807) is 18.2 Å². The number of amides is 1. The second-order valence-corrected chi connectivity index (χ2v) is 8.28. The van der Waals surface area contributed by atoms with Crippen LogP contribution in [0.25, 0.3) is 5.57 Å². The van der Waals surface area contributed by atoms with E-state index < -0.39 is 0 Å². The standard InChI is InChI=1S/C24H29N3O4/c1-17-14-19(28)6-7-22(17)31-16-18-8-13-27(21-5-3-2-4-20(18)21)24(15-23(29)26-30)9-11-25-12-10-24/h2-8,14,25,28,30H,9-13,15-16H2,1H3,(H,26,29). The number of hydrogen-bond donors (Lipinski definition) is 4. The predicted molar refractivity (Wildman–Crippen MR) is 119 cm³/mol. The molecule has 0 unspecified atom stereocenters. The highest BCUT2D eigenvalue weighted by atomic mass is 16.5. The van der Waals surface area contributed by atoms with Crippen molar-refractivity contribution in [1.82, 2.24) is 10.8 Å². The average Bonchev–Trinajstić information content (AvgIpc) is 2.78. The van der Waals surface area contributed by atoms with Crippen LogP contribution >= 0.6 is 0 Å². The quantitative estimate of drug-likeness (QED) is 0.422. The summed E-state index contributed by atoms with van der Waals surface area (Å²) in [7, 11) is 0. The van der Waals surface area contributed by atoms with Crippen molar-refractivity contribution in [3.63, 3.8) is 0 Å². The van der Waals surface area contributed by atoms with E-state index >= 15 is 0 Å². The van der Waals surface area contributed by atoms with Gasteiger partial charge in [0.2, 0.25) is 5.91 Å². The number of aromatic hydroxyl groups is 1. The van der Waals surface area contributed by atoms with Crippen LogP contribution in [0.5, 0.6) is 11.5 Å². The number of fused-ring (bicyclic) bond motifs is 1. The summed E-state index contributed by atoms with van der Waals surface area (Å²) in [6.07, 6.45) is 4.05. The van der Waals surface area contributed by atoms with Crippen LogP contribution in [0.2, 0.25) is 0 Å². The van der Waals surface area contributed by atoms with Gasteiger partial charge in [-0.15, -0.1) is 0 Å². The molecular weight excluding hydrogens is 394 g/mol. The number of anilines is 1. The molecule has 1 saturated heterocycles. The fourth-order valence-electron chi connectivity index (χ4n) is 4.70. The Kier molecular flexibility index (Phi) is 6.15. The van der Waals surface area contributed by atoms with Gasteiger partial charge in [0, 0.05) is 17.8 Å². The largest absolute Gasteiger partial charge is 0.508 e. The zero-order valence-electron chi connectivity index (χ0n) is 17.7. The lowest BCUT2D eigenvalue weighted by molar-refractivity contribution is -0.130. The first-order valence-corrected chi connectivity index (χ1v) is 10.6. The molecule has 0 aromatic heterocycles. The van der Waals surface area contributed by atoms with E-state index in [0.29, 0.717) is 13.2 Å². The lowest BCUT2D eigenvalue weighted by Crippen LogP contribution is -2.57. The first-order chi connectivity index (χ1) is 15.0. The van der Waals surface area contributed by atoms with E-state index in [9.17, 15) is 9.90 Å². The van der Waals surface area contributed by atoms with Gasteiger partial charge in [0.15, 0.2) is 0 Å². The Hall–Kier alpha value is -3.03. The monoisotopic (exact) mass is 423 g/mol. The molecule has 0 atom stereocenters. The minimum Gasteiger partial charge on any atom is -0.508 e. The second-order valence-electron chi connectivity index (χ2n) is 8.28. The van der Waals surface area contributed by atoms with Crippen molar-refractivity contribution >= 4 is 17.2 Å². The fraction of sp³-hybridized carbons (Fsp3) is 0.375. The van der Waals surface area contributed by atoms with Crippen molar-refractivity contribution in [3.8, 4) is 11.5 Å². The molecule has 7 heteroatoms. The van der Waals surface area contributed by atoms with Crippen LogP contribution in [-0.2, 0) is 4.79 Å². The molecule has 0 aliphatic carbocycles. The third-order valence-electron chi connectivity index (χ3n) is 6.32. The predicted octanol–water partition coefficient (Wildman–Crippen LogP) is 3.00. The SMILES string of the molecule is Cc1cc(O)ccc1OCC1=CCN(C2(CC(=O)NO)CCNCC2)c2ccccc21. The van der Waals surface area contributed by atoms with Crippen molar-refractivity contribution < 1.29 is 19.8 Å². The van der Waals surface area contributed by atoms with Gasteiger partial charge in [-0.3, -0.25) is 10.0 Å². The summed E-state index contributed by atoms with van der Waals surface area (Å²) >= 11 is 0. The highest BCUT2D eigenvalue weighted by molar-refractivity contribution is 5.83. The molecule has 0 bridgehead atoms. The highest BCUT2D eigenvalue weighted by Crippen LogP contribution is 2.41. The van der Waals surface area contributed by atoms with Gasteiger partial charge in [-0.2, -0.15) is 0 Å². The lowest BCUT2D eigenvalue weighted by Gasteiger charge is -2.49. The summed E-state index contributed by atoms with van der Waals surface area (Å²) in [6.45, 7) is 4.66. The molecule has 1 fully saturated rings. The Morgan fingerprint density at radius 2 is 2.00 bits per heavy atom. The number of benzene rings is 2. The number of aryl methyl sites for hydroxylation is 1. The average molecular weight is 424 g/mol. The molecule has 164 valence electrons. The van der Waals surface area contributed by atoms with Crippen molar-refractivity contribution in [3.05, 3.63) is 59.7 Å². The highest BCUT2D eigenvalue weighted by Gasteiger charge is 2.41. The number of carbonyl (C=O) groups is 1. The summed E-state index contributed by atoms with van der Waals surface area (Å²) in [6, 6.07) is 13.3. The van der Waals surface area contributed by atoms with Crippen LogP contribution in [0.15, 0.2) is 48.5 Å². The smallest absolute Gasteiger partial charge is 0.245 e. The molecule has 2 aliphatic heterocycles. The molecule has 0 spiro atoms. The molecule has 4 rings (SSSR count). The Morgan fingerprint density at radius 1 is 1.23 bits per heavy atom. The Morgan fingerprint density at radius 3 is 2.74 bits per heavy atom. The number of ether oxygens (including phenoxy) is 1. The van der Waals surface area contributed by atoms with E-state index in [2.05, 4.69) is 28.4 Å². The minimum atomic E-state index is -0.361. The third kappa shape index (κ3) is 4.38. The molecule has 1 amide bonds. The van der Waals surface area contributed by atoms with Crippen molar-refractivity contribution in [1.29, 1.82) is 0 Å². The Balaban J connectivity index is 1.61. The van der Waals surface area contributed by atoms with Gasteiger partial charge in [0.05, 0.1) is 12.0 Å². The number of piperidine rings is 1. The van der Waals surface area contributed by atoms with Crippen molar-refractivity contribution in [2.45, 2.75) is 31.7 Å². The second kappa shape index (κ2) is 8.99. The zero-order valence-corrected chi connectivity index (χ0v) is 17.7. The van der Waals surface area contributed by atoms with Gasteiger partial charge in [-0.1, -0.05) is 24.3 Å². The Bertz CT molecular complexity index is 983. The molecular formula is C24H29N3O4. The third-order valence-corrected chi connectivity index (χ3v) is 6.32. The van der Waals surface area contributed by atoms with E-state index in [1.807, 2.05) is 24.5 Å². The van der Waals surface area contributed by atoms with Gasteiger partial charge in [-0.25, -0.2) is 5.48 Å². The van der Waals surface area contributed by atoms with Gasteiger partial charge in [0.1, 0.15) is 18.1 Å². The van der Waals surface area contributed by atoms with Crippen LogP contribution < -0.4 is 20.4 Å². The molecule has 2 aromatic carbocycles. The topological polar surface area (TPSA) is 94.1 Å². The van der Waals surface area contributed by atoms with Crippen LogP contribution in [0.1, 0.15) is 30.4 Å². The zero-order chi connectivity index (χ0) is 21.8. The molecule has 4 N–H and O–H groups in total. The first kappa shape index (κ1) is 21.2. The van der Waals surface area contributed by atoms with Crippen LogP contribution in [-0.4, -0.2) is 48.0 Å². The van der Waals surface area contributed by atoms with Crippen molar-refractivity contribution in [2.24, 2.45) is 0 Å². The number of hydroxylamine groups is 1. The number of phenolic OH excluding ortho intramolecular Hbond substituents is 1. The fourth-order valence-corrected chi connectivity index (χ4v) is 4.70. The van der Waals surface area contributed by atoms with E-state index in [4.69, 9.17) is 9.94 Å². The normalized spacial score (nSPS) is 17.5. The maximum atomic E-state index is 12.2. The summed E-state index contributed by atoms with van der Waals surface area (Å²) in [5.41, 5.74) is 5.61. The Labute approximate surface area is 182 Å². The maximum Gasteiger partial charge on any atom is 0.245 e. The number of nitrogens with zero attached hydrogens (tertiary/aromatic N) is 1. The molecule has 2 aromatic rings. The number of para-hydroxylation sites is 1. The number of rotatable bonds is 6. The number of nitrogens with one attached hydrogen (secondary N) is 2. The van der Waals surface area contributed by atoms with Crippen LogP contribution in [0, 0.1) is 6.92 Å². The molecule has 0 radical (unpaired) electrons. The molecule has 7 nitrogen and oxygen atoms in total. The van der Waals surface area contributed by atoms with Gasteiger partial charge in [-0.05, 0) is 68.3 Å². The van der Waals surface area contributed by atoms with E-state index in [-0.39, 0.29) is 23.6 Å². The summed E-state index contributed by atoms with van der Waals surface area (Å²) in [5, 5.41) is 22.2. The molecule has 0 saturated carbocycles. The number of carbonyl (C=O) groups excluding carboxylic acids is 1. The first-order valence-electron chi connectivity index (χ1n) is 10.6. The number of hydrogen-bond acceptors (Lipinski definition) is 6. The maximum absolute atomic E-state index is 12.2. The van der Waals surface area contributed by atoms with Gasteiger partial charge in [0.25, 0.3) is 0 Å². The molecule has 2 heterocycles. The molecule has 2 aliphatic rings.